The zero-order valence-electron chi connectivity index (χ0n) is 13.5. The second-order valence-corrected chi connectivity index (χ2v) is 7.42. The van der Waals surface area contributed by atoms with Gasteiger partial charge >= 0.3 is 0 Å². The summed E-state index contributed by atoms with van der Waals surface area (Å²) in [5, 5.41) is 0. The molecule has 0 heterocycles. The molecule has 0 fully saturated rings. The van der Waals surface area contributed by atoms with E-state index in [1.165, 1.54) is 31.4 Å². The maximum absolute atomic E-state index is 2.48. The minimum Gasteiger partial charge on any atom is -0.0622 e. The maximum Gasteiger partial charge on any atom is 0.0288 e. The highest BCUT2D eigenvalue weighted by molar-refractivity contribution is 14.1. The summed E-state index contributed by atoms with van der Waals surface area (Å²) < 4.78 is 1.31. The quantitative estimate of drug-likeness (QED) is 0.420. The lowest BCUT2D eigenvalue weighted by molar-refractivity contribution is 0.965. The van der Waals surface area contributed by atoms with Crippen molar-refractivity contribution in [3.63, 3.8) is 0 Å². The van der Waals surface area contributed by atoms with E-state index in [2.05, 4.69) is 108 Å². The van der Waals surface area contributed by atoms with Crippen LogP contribution >= 0.6 is 22.6 Å². The average Bonchev–Trinajstić information content (AvgIpc) is 2.80. The van der Waals surface area contributed by atoms with Gasteiger partial charge in [-0.15, -0.1) is 0 Å². The number of fused-ring (bicyclic) bond motifs is 2. The van der Waals surface area contributed by atoms with Gasteiger partial charge in [-0.3, -0.25) is 0 Å². The van der Waals surface area contributed by atoms with Crippen LogP contribution in [0, 0.1) is 0 Å². The highest BCUT2D eigenvalue weighted by Crippen LogP contribution is 2.38. The summed E-state index contributed by atoms with van der Waals surface area (Å²) >= 11 is 2.48. The van der Waals surface area contributed by atoms with Crippen molar-refractivity contribution in [2.24, 2.45) is 0 Å². The molecular weight excluding hydrogens is 403 g/mol. The Labute approximate surface area is 157 Å². The smallest absolute Gasteiger partial charge is 0.0288 e. The largest absolute Gasteiger partial charge is 0.0622 e. The standard InChI is InChI=1S/C23H19I/c24-23(19-10-2-1-3-11-19)16-22-20-12-6-4-8-17(20)14-15-18-9-5-7-13-21(18)22/h1-13,16,22H,14-15H2/b23-16+. The summed E-state index contributed by atoms with van der Waals surface area (Å²) in [6.07, 6.45) is 4.68. The molecule has 0 bridgehead atoms. The third kappa shape index (κ3) is 3.05. The van der Waals surface area contributed by atoms with E-state index in [0.717, 1.165) is 12.8 Å². The van der Waals surface area contributed by atoms with Crippen LogP contribution in [0.2, 0.25) is 0 Å². The van der Waals surface area contributed by atoms with Gasteiger partial charge in [0.2, 0.25) is 0 Å². The Hall–Kier alpha value is -1.87. The first-order valence-corrected chi connectivity index (χ1v) is 9.49. The molecule has 0 radical (unpaired) electrons. The number of hydrogen-bond acceptors (Lipinski definition) is 0. The molecule has 0 saturated carbocycles. The normalized spacial score (nSPS) is 14.6. The molecule has 0 nitrogen and oxygen atoms in total. The van der Waals surface area contributed by atoms with Gasteiger partial charge < -0.3 is 0 Å². The third-order valence-corrected chi connectivity index (χ3v) is 5.79. The van der Waals surface area contributed by atoms with Crippen LogP contribution in [0.25, 0.3) is 3.58 Å². The number of benzene rings is 3. The second-order valence-electron chi connectivity index (χ2n) is 6.26. The number of allylic oxidation sites excluding steroid dienone is 1. The SMILES string of the molecule is I/C(=C/C1c2ccccc2CCc2ccccc21)c1ccccc1. The van der Waals surface area contributed by atoms with Crippen LogP contribution in [0.4, 0.5) is 0 Å². The number of aryl methyl sites for hydroxylation is 2. The molecule has 0 unspecified atom stereocenters. The Morgan fingerprint density at radius 2 is 1.21 bits per heavy atom. The lowest BCUT2D eigenvalue weighted by Crippen LogP contribution is -2.01. The summed E-state index contributed by atoms with van der Waals surface area (Å²) in [7, 11) is 0. The highest BCUT2D eigenvalue weighted by atomic mass is 127. The summed E-state index contributed by atoms with van der Waals surface area (Å²) in [6, 6.07) is 28.5. The van der Waals surface area contributed by atoms with E-state index in [1.54, 1.807) is 0 Å². The molecule has 0 spiro atoms. The van der Waals surface area contributed by atoms with Crippen molar-refractivity contribution in [1.82, 2.24) is 0 Å². The molecule has 0 N–H and O–H groups in total. The van der Waals surface area contributed by atoms with E-state index >= 15 is 0 Å². The summed E-state index contributed by atoms with van der Waals surface area (Å²) in [5.41, 5.74) is 7.15. The van der Waals surface area contributed by atoms with Crippen molar-refractivity contribution < 1.29 is 0 Å². The molecule has 0 saturated heterocycles. The van der Waals surface area contributed by atoms with Crippen LogP contribution < -0.4 is 0 Å². The Morgan fingerprint density at radius 1 is 0.708 bits per heavy atom. The van der Waals surface area contributed by atoms with Crippen molar-refractivity contribution in [2.45, 2.75) is 18.8 Å². The van der Waals surface area contributed by atoms with Crippen molar-refractivity contribution >= 4 is 26.2 Å². The highest BCUT2D eigenvalue weighted by Gasteiger charge is 2.21. The van der Waals surface area contributed by atoms with Gasteiger partial charge in [-0.2, -0.15) is 0 Å². The lowest BCUT2D eigenvalue weighted by Gasteiger charge is -2.18. The fourth-order valence-electron chi connectivity index (χ4n) is 3.59. The molecule has 0 aromatic heterocycles. The zero-order valence-corrected chi connectivity index (χ0v) is 15.6. The Balaban J connectivity index is 1.87. The molecule has 0 aliphatic heterocycles. The molecule has 24 heavy (non-hydrogen) atoms. The molecule has 4 rings (SSSR count). The zero-order chi connectivity index (χ0) is 16.4. The van der Waals surface area contributed by atoms with E-state index < -0.39 is 0 Å². The molecule has 1 aliphatic carbocycles. The van der Waals surface area contributed by atoms with Gasteiger partial charge in [0, 0.05) is 9.50 Å². The van der Waals surface area contributed by atoms with E-state index in [0.29, 0.717) is 5.92 Å². The van der Waals surface area contributed by atoms with E-state index in [4.69, 9.17) is 0 Å². The van der Waals surface area contributed by atoms with Crippen LogP contribution in [-0.2, 0) is 12.8 Å². The fraction of sp³-hybridized carbons (Fsp3) is 0.130. The van der Waals surface area contributed by atoms with Crippen LogP contribution in [0.3, 0.4) is 0 Å². The van der Waals surface area contributed by atoms with E-state index in [-0.39, 0.29) is 0 Å². The van der Waals surface area contributed by atoms with Gasteiger partial charge in [0.25, 0.3) is 0 Å². The first kappa shape index (κ1) is 15.6. The van der Waals surface area contributed by atoms with Gasteiger partial charge in [0.05, 0.1) is 0 Å². The molecule has 0 amide bonds. The van der Waals surface area contributed by atoms with Crippen molar-refractivity contribution in [3.05, 3.63) is 113 Å². The van der Waals surface area contributed by atoms with Crippen LogP contribution in [-0.4, -0.2) is 0 Å². The summed E-state index contributed by atoms with van der Waals surface area (Å²) in [6.45, 7) is 0. The monoisotopic (exact) mass is 422 g/mol. The topological polar surface area (TPSA) is 0 Å². The maximum atomic E-state index is 2.48. The third-order valence-electron chi connectivity index (χ3n) is 4.81. The average molecular weight is 422 g/mol. The van der Waals surface area contributed by atoms with Gasteiger partial charge in [-0.1, -0.05) is 84.9 Å². The summed E-state index contributed by atoms with van der Waals surface area (Å²) in [4.78, 5) is 0. The molecule has 1 heteroatoms. The first-order chi connectivity index (χ1) is 11.8. The molecule has 3 aromatic rings. The molecular formula is C23H19I. The second kappa shape index (κ2) is 6.94. The van der Waals surface area contributed by atoms with Crippen LogP contribution in [0.1, 0.15) is 33.7 Å². The Morgan fingerprint density at radius 3 is 1.79 bits per heavy atom. The van der Waals surface area contributed by atoms with Gasteiger partial charge in [-0.05, 0) is 63.2 Å². The van der Waals surface area contributed by atoms with E-state index in [1.807, 2.05) is 0 Å². The number of hydrogen-bond donors (Lipinski definition) is 0. The molecule has 118 valence electrons. The predicted molar refractivity (Wildman–Crippen MR) is 111 cm³/mol. The molecule has 1 aliphatic rings. The minimum atomic E-state index is 0.326. The van der Waals surface area contributed by atoms with Gasteiger partial charge in [0.15, 0.2) is 0 Å². The summed E-state index contributed by atoms with van der Waals surface area (Å²) in [5.74, 6) is 0.326. The predicted octanol–water partition coefficient (Wildman–Crippen LogP) is 6.39. The van der Waals surface area contributed by atoms with Crippen molar-refractivity contribution in [3.8, 4) is 0 Å². The Kier molecular flexibility index (Phi) is 4.52. The first-order valence-electron chi connectivity index (χ1n) is 8.41. The lowest BCUT2D eigenvalue weighted by atomic mass is 9.87. The molecule has 3 aromatic carbocycles. The minimum absolute atomic E-state index is 0.326. The van der Waals surface area contributed by atoms with Gasteiger partial charge in [0.1, 0.15) is 0 Å². The Bertz CT molecular complexity index is 830. The van der Waals surface area contributed by atoms with Crippen LogP contribution in [0.15, 0.2) is 84.9 Å². The molecule has 0 atom stereocenters. The van der Waals surface area contributed by atoms with E-state index in [9.17, 15) is 0 Å². The number of halogens is 1. The van der Waals surface area contributed by atoms with Crippen molar-refractivity contribution in [2.75, 3.05) is 0 Å². The van der Waals surface area contributed by atoms with Crippen molar-refractivity contribution in [1.29, 1.82) is 0 Å². The fourth-order valence-corrected chi connectivity index (χ4v) is 4.31. The van der Waals surface area contributed by atoms with Crippen LogP contribution in [0.5, 0.6) is 0 Å². The number of rotatable bonds is 2. The van der Waals surface area contributed by atoms with Gasteiger partial charge in [-0.25, -0.2) is 0 Å².